The summed E-state index contributed by atoms with van der Waals surface area (Å²) in [5, 5.41) is 0. The molecule has 0 amide bonds. The standard InChI is InChI=1S/C13H14Br2/c1-3-13(4-2)10-8-6-5-7-9(10)11(14)12(13)15/h5-8H,3-4H2,1-2H3. The maximum atomic E-state index is 3.76. The molecule has 0 atom stereocenters. The molecule has 0 spiro atoms. The van der Waals surface area contributed by atoms with E-state index in [1.54, 1.807) is 0 Å². The maximum Gasteiger partial charge on any atom is 0.0361 e. The Morgan fingerprint density at radius 2 is 1.67 bits per heavy atom. The van der Waals surface area contributed by atoms with Gasteiger partial charge in [0.15, 0.2) is 0 Å². The summed E-state index contributed by atoms with van der Waals surface area (Å²) in [7, 11) is 0. The SMILES string of the molecule is CCC1(CC)C(Br)=C(Br)c2ccccc21. The molecule has 0 bridgehead atoms. The summed E-state index contributed by atoms with van der Waals surface area (Å²) < 4.78 is 2.53. The lowest BCUT2D eigenvalue weighted by Gasteiger charge is -2.28. The summed E-state index contributed by atoms with van der Waals surface area (Å²) in [6.07, 6.45) is 2.27. The first-order chi connectivity index (χ1) is 7.17. The van der Waals surface area contributed by atoms with Crippen LogP contribution in [0.2, 0.25) is 0 Å². The summed E-state index contributed by atoms with van der Waals surface area (Å²) in [5.74, 6) is 0. The monoisotopic (exact) mass is 328 g/mol. The molecule has 1 aromatic carbocycles. The number of fused-ring (bicyclic) bond motifs is 1. The highest BCUT2D eigenvalue weighted by Gasteiger charge is 2.40. The molecule has 0 N–H and O–H groups in total. The normalized spacial score (nSPS) is 18.1. The number of hydrogen-bond donors (Lipinski definition) is 0. The summed E-state index contributed by atoms with van der Waals surface area (Å²) in [6.45, 7) is 4.51. The topological polar surface area (TPSA) is 0 Å². The van der Waals surface area contributed by atoms with Crippen LogP contribution in [0.3, 0.4) is 0 Å². The van der Waals surface area contributed by atoms with Gasteiger partial charge in [0.2, 0.25) is 0 Å². The van der Waals surface area contributed by atoms with Crippen LogP contribution in [0.4, 0.5) is 0 Å². The van der Waals surface area contributed by atoms with E-state index >= 15 is 0 Å². The van der Waals surface area contributed by atoms with Gasteiger partial charge in [-0.05, 0) is 39.9 Å². The van der Waals surface area contributed by atoms with Crippen molar-refractivity contribution in [2.75, 3.05) is 0 Å². The molecule has 1 aliphatic rings. The van der Waals surface area contributed by atoms with E-state index < -0.39 is 0 Å². The fourth-order valence-electron chi connectivity index (χ4n) is 2.48. The summed E-state index contributed by atoms with van der Waals surface area (Å²) >= 11 is 7.45. The number of allylic oxidation sites excluding steroid dienone is 1. The third-order valence-electron chi connectivity index (χ3n) is 3.50. The Morgan fingerprint density at radius 1 is 1.07 bits per heavy atom. The van der Waals surface area contributed by atoms with Crippen LogP contribution in [0.1, 0.15) is 37.8 Å². The predicted octanol–water partition coefficient (Wildman–Crippen LogP) is 5.22. The molecule has 0 aliphatic heterocycles. The number of benzene rings is 1. The molecule has 1 aliphatic carbocycles. The predicted molar refractivity (Wildman–Crippen MR) is 73.5 cm³/mol. The average Bonchev–Trinajstić information content (AvgIpc) is 2.51. The minimum absolute atomic E-state index is 0.190. The molecule has 0 heterocycles. The van der Waals surface area contributed by atoms with Gasteiger partial charge in [0.1, 0.15) is 0 Å². The summed E-state index contributed by atoms with van der Waals surface area (Å²) in [6, 6.07) is 8.66. The number of hydrogen-bond acceptors (Lipinski definition) is 0. The average molecular weight is 330 g/mol. The van der Waals surface area contributed by atoms with Crippen molar-refractivity contribution in [2.24, 2.45) is 0 Å². The third-order valence-corrected chi connectivity index (χ3v) is 6.01. The molecule has 0 saturated heterocycles. The fraction of sp³-hybridized carbons (Fsp3) is 0.385. The van der Waals surface area contributed by atoms with Gasteiger partial charge in [0.25, 0.3) is 0 Å². The zero-order chi connectivity index (χ0) is 11.1. The van der Waals surface area contributed by atoms with E-state index in [1.165, 1.54) is 20.1 Å². The first-order valence-corrected chi connectivity index (χ1v) is 6.91. The Labute approximate surface area is 108 Å². The van der Waals surface area contributed by atoms with Crippen molar-refractivity contribution >= 4 is 36.3 Å². The minimum atomic E-state index is 0.190. The van der Waals surface area contributed by atoms with Gasteiger partial charge in [0.05, 0.1) is 0 Å². The second kappa shape index (κ2) is 4.06. The van der Waals surface area contributed by atoms with Gasteiger partial charge in [-0.15, -0.1) is 0 Å². The highest BCUT2D eigenvalue weighted by molar-refractivity contribution is 9.16. The molecule has 0 fully saturated rings. The third kappa shape index (κ3) is 1.45. The molecule has 2 heteroatoms. The van der Waals surface area contributed by atoms with E-state index in [0.29, 0.717) is 0 Å². The Kier molecular flexibility index (Phi) is 3.09. The lowest BCUT2D eigenvalue weighted by Crippen LogP contribution is -2.22. The molecule has 2 rings (SSSR count). The van der Waals surface area contributed by atoms with Crippen molar-refractivity contribution in [3.8, 4) is 0 Å². The van der Waals surface area contributed by atoms with Crippen LogP contribution >= 0.6 is 31.9 Å². The van der Waals surface area contributed by atoms with Crippen molar-refractivity contribution in [2.45, 2.75) is 32.1 Å². The van der Waals surface area contributed by atoms with Gasteiger partial charge in [-0.25, -0.2) is 0 Å². The lowest BCUT2D eigenvalue weighted by atomic mass is 9.78. The molecular weight excluding hydrogens is 316 g/mol. The van der Waals surface area contributed by atoms with Crippen molar-refractivity contribution in [1.29, 1.82) is 0 Å². The first-order valence-electron chi connectivity index (χ1n) is 5.33. The van der Waals surface area contributed by atoms with Gasteiger partial charge >= 0.3 is 0 Å². The van der Waals surface area contributed by atoms with Crippen molar-refractivity contribution in [3.63, 3.8) is 0 Å². The van der Waals surface area contributed by atoms with Gasteiger partial charge < -0.3 is 0 Å². The largest absolute Gasteiger partial charge is 0.0642 e. The van der Waals surface area contributed by atoms with E-state index in [-0.39, 0.29) is 5.41 Å². The summed E-state index contributed by atoms with van der Waals surface area (Å²) in [5.41, 5.74) is 2.98. The molecule has 15 heavy (non-hydrogen) atoms. The molecule has 0 radical (unpaired) electrons. The van der Waals surface area contributed by atoms with Crippen LogP contribution in [0.5, 0.6) is 0 Å². The van der Waals surface area contributed by atoms with Crippen molar-refractivity contribution < 1.29 is 0 Å². The van der Waals surface area contributed by atoms with E-state index in [2.05, 4.69) is 70.0 Å². The van der Waals surface area contributed by atoms with E-state index in [4.69, 9.17) is 0 Å². The van der Waals surface area contributed by atoms with Crippen molar-refractivity contribution in [3.05, 3.63) is 39.9 Å². The molecule has 0 nitrogen and oxygen atoms in total. The van der Waals surface area contributed by atoms with Crippen LogP contribution in [0.25, 0.3) is 4.48 Å². The van der Waals surface area contributed by atoms with Gasteiger partial charge in [-0.2, -0.15) is 0 Å². The molecule has 0 aromatic heterocycles. The Balaban J connectivity index is 2.70. The Bertz CT molecular complexity index is 414. The van der Waals surface area contributed by atoms with E-state index in [0.717, 1.165) is 12.8 Å². The molecule has 1 aromatic rings. The van der Waals surface area contributed by atoms with Crippen LogP contribution in [0.15, 0.2) is 28.7 Å². The smallest absolute Gasteiger partial charge is 0.0361 e. The Morgan fingerprint density at radius 3 is 2.27 bits per heavy atom. The molecule has 0 saturated carbocycles. The maximum absolute atomic E-state index is 3.76. The summed E-state index contributed by atoms with van der Waals surface area (Å²) in [4.78, 5) is 0. The molecular formula is C13H14Br2. The van der Waals surface area contributed by atoms with Crippen LogP contribution in [0, 0.1) is 0 Å². The van der Waals surface area contributed by atoms with Crippen LogP contribution in [-0.2, 0) is 5.41 Å². The van der Waals surface area contributed by atoms with Crippen molar-refractivity contribution in [1.82, 2.24) is 0 Å². The lowest BCUT2D eigenvalue weighted by molar-refractivity contribution is 0.500. The van der Waals surface area contributed by atoms with E-state index in [9.17, 15) is 0 Å². The highest BCUT2D eigenvalue weighted by Crippen LogP contribution is 2.54. The highest BCUT2D eigenvalue weighted by atomic mass is 79.9. The van der Waals surface area contributed by atoms with Gasteiger partial charge in [-0.3, -0.25) is 0 Å². The Hall–Kier alpha value is -0.0800. The molecule has 80 valence electrons. The van der Waals surface area contributed by atoms with Gasteiger partial charge in [0, 0.05) is 14.4 Å². The number of halogens is 2. The fourth-order valence-corrected chi connectivity index (χ4v) is 4.19. The quantitative estimate of drug-likeness (QED) is 0.698. The molecule has 0 unspecified atom stereocenters. The zero-order valence-corrected chi connectivity index (χ0v) is 12.2. The second-order valence-electron chi connectivity index (χ2n) is 3.96. The second-order valence-corrected chi connectivity index (χ2v) is 5.55. The minimum Gasteiger partial charge on any atom is -0.0642 e. The first kappa shape index (κ1) is 11.4. The van der Waals surface area contributed by atoms with Crippen LogP contribution < -0.4 is 0 Å². The zero-order valence-electron chi connectivity index (χ0n) is 8.98. The van der Waals surface area contributed by atoms with E-state index in [1.807, 2.05) is 0 Å². The van der Waals surface area contributed by atoms with Gasteiger partial charge in [-0.1, -0.05) is 54.0 Å². The van der Waals surface area contributed by atoms with Crippen LogP contribution in [-0.4, -0.2) is 0 Å². The number of rotatable bonds is 2.